The molecule has 7 heteroatoms. The molecule has 1 fully saturated rings. The first-order valence-electron chi connectivity index (χ1n) is 9.03. The van der Waals surface area contributed by atoms with Crippen molar-refractivity contribution in [3.63, 3.8) is 0 Å². The second kappa shape index (κ2) is 8.56. The zero-order valence-corrected chi connectivity index (χ0v) is 15.8. The molecule has 0 saturated carbocycles. The minimum absolute atomic E-state index is 0.108. The van der Waals surface area contributed by atoms with Crippen molar-refractivity contribution in [2.24, 2.45) is 0 Å². The van der Waals surface area contributed by atoms with Gasteiger partial charge in [-0.15, -0.1) is 0 Å². The summed E-state index contributed by atoms with van der Waals surface area (Å²) in [5.74, 6) is -1.16. The molecule has 7 nitrogen and oxygen atoms in total. The van der Waals surface area contributed by atoms with E-state index in [9.17, 15) is 14.4 Å². The third-order valence-corrected chi connectivity index (χ3v) is 4.65. The molecular formula is C21H22N2O5. The maximum atomic E-state index is 12.6. The molecule has 2 amide bonds. The normalized spacial score (nSPS) is 18.6. The first-order valence-corrected chi connectivity index (χ1v) is 9.03. The van der Waals surface area contributed by atoms with E-state index in [1.54, 1.807) is 31.2 Å². The zero-order valence-electron chi connectivity index (χ0n) is 15.8. The molecule has 1 aliphatic rings. The number of nitrogens with zero attached hydrogens (tertiary/aromatic N) is 1. The molecule has 1 saturated heterocycles. The molecule has 2 aromatic rings. The molecule has 0 aromatic heterocycles. The van der Waals surface area contributed by atoms with Crippen LogP contribution in [0.5, 0.6) is 5.75 Å². The topological polar surface area (TPSA) is 84.9 Å². The summed E-state index contributed by atoms with van der Waals surface area (Å²) in [6.07, 6.45) is 0.108. The third kappa shape index (κ3) is 3.98. The molecule has 0 bridgehead atoms. The number of hydrogen-bond acceptors (Lipinski definition) is 5. The Morgan fingerprint density at radius 1 is 1.11 bits per heavy atom. The lowest BCUT2D eigenvalue weighted by Crippen LogP contribution is -2.52. The molecule has 1 heterocycles. The maximum Gasteiger partial charge on any atom is 0.331 e. The lowest BCUT2D eigenvalue weighted by Gasteiger charge is -2.26. The van der Waals surface area contributed by atoms with Crippen LogP contribution in [0.4, 0.5) is 0 Å². The van der Waals surface area contributed by atoms with Crippen LogP contribution in [0.1, 0.15) is 35.2 Å². The second-order valence-corrected chi connectivity index (χ2v) is 6.35. The van der Waals surface area contributed by atoms with Gasteiger partial charge in [0.1, 0.15) is 5.75 Å². The highest BCUT2D eigenvalue weighted by Gasteiger charge is 2.47. The molecule has 0 radical (unpaired) electrons. The van der Waals surface area contributed by atoms with E-state index in [-0.39, 0.29) is 18.9 Å². The van der Waals surface area contributed by atoms with Crippen LogP contribution < -0.4 is 10.2 Å². The fourth-order valence-corrected chi connectivity index (χ4v) is 3.28. The van der Waals surface area contributed by atoms with Crippen molar-refractivity contribution in [3.05, 3.63) is 65.7 Å². The number of methoxy groups -OCH3 is 1. The number of carbonyl (C=O) groups is 3. The number of hydrogen-bond donors (Lipinski definition) is 1. The van der Waals surface area contributed by atoms with Gasteiger partial charge in [0.2, 0.25) is 5.91 Å². The van der Waals surface area contributed by atoms with Gasteiger partial charge >= 0.3 is 5.97 Å². The minimum Gasteiger partial charge on any atom is -0.497 e. The van der Waals surface area contributed by atoms with Crippen LogP contribution in [-0.4, -0.2) is 42.6 Å². The molecule has 0 unspecified atom stereocenters. The molecule has 2 atom stereocenters. The van der Waals surface area contributed by atoms with Gasteiger partial charge < -0.3 is 9.47 Å². The summed E-state index contributed by atoms with van der Waals surface area (Å²) in [6, 6.07) is 14.8. The number of nitrogens with one attached hydrogen (secondary N) is 1. The van der Waals surface area contributed by atoms with Gasteiger partial charge in [-0.25, -0.2) is 9.80 Å². The standard InChI is InChI=1S/C21H22N2O5/c1-3-28-21(26)19-17(14-7-5-4-6-8-14)13-18(24)23(19)22-20(25)15-9-11-16(27-2)12-10-15/h4-12,17,19H,3,13H2,1-2H3,(H,22,25)/t17-,19+/m0/s1. The minimum atomic E-state index is -0.919. The summed E-state index contributed by atoms with van der Waals surface area (Å²) in [5, 5.41) is 1.10. The Hall–Kier alpha value is -3.35. The van der Waals surface area contributed by atoms with Gasteiger partial charge in [0.25, 0.3) is 5.91 Å². The van der Waals surface area contributed by atoms with Gasteiger partial charge in [-0.2, -0.15) is 0 Å². The van der Waals surface area contributed by atoms with Gasteiger partial charge in [-0.3, -0.25) is 15.0 Å². The van der Waals surface area contributed by atoms with Gasteiger partial charge in [-0.05, 0) is 36.8 Å². The van der Waals surface area contributed by atoms with Crippen molar-refractivity contribution in [1.82, 2.24) is 10.4 Å². The van der Waals surface area contributed by atoms with Gasteiger partial charge in [0.05, 0.1) is 13.7 Å². The molecule has 146 valence electrons. The maximum absolute atomic E-state index is 12.6. The van der Waals surface area contributed by atoms with Crippen LogP contribution in [0.15, 0.2) is 54.6 Å². The lowest BCUT2D eigenvalue weighted by atomic mass is 9.92. The van der Waals surface area contributed by atoms with Crippen LogP contribution in [0.2, 0.25) is 0 Å². The molecule has 2 aromatic carbocycles. The Balaban J connectivity index is 1.85. The Kier molecular flexibility index (Phi) is 5.93. The molecule has 0 aliphatic carbocycles. The molecule has 28 heavy (non-hydrogen) atoms. The summed E-state index contributed by atoms with van der Waals surface area (Å²) >= 11 is 0. The van der Waals surface area contributed by atoms with Gasteiger partial charge in [-0.1, -0.05) is 30.3 Å². The van der Waals surface area contributed by atoms with E-state index in [2.05, 4.69) is 5.43 Å². The SMILES string of the molecule is CCOC(=O)[C@H]1[C@H](c2ccccc2)CC(=O)N1NC(=O)c1ccc(OC)cc1. The zero-order chi connectivity index (χ0) is 20.1. The Morgan fingerprint density at radius 2 is 1.79 bits per heavy atom. The van der Waals surface area contributed by atoms with E-state index in [0.717, 1.165) is 10.6 Å². The van der Waals surface area contributed by atoms with Crippen molar-refractivity contribution in [1.29, 1.82) is 0 Å². The van der Waals surface area contributed by atoms with Crippen molar-refractivity contribution in [2.45, 2.75) is 25.3 Å². The first-order chi connectivity index (χ1) is 13.5. The quantitative estimate of drug-likeness (QED) is 0.775. The molecule has 1 aliphatic heterocycles. The van der Waals surface area contributed by atoms with Gasteiger partial charge in [0, 0.05) is 17.9 Å². The van der Waals surface area contributed by atoms with E-state index < -0.39 is 23.8 Å². The van der Waals surface area contributed by atoms with Gasteiger partial charge in [0.15, 0.2) is 6.04 Å². The monoisotopic (exact) mass is 382 g/mol. The first kappa shape index (κ1) is 19.4. The fraction of sp³-hybridized carbons (Fsp3) is 0.286. The van der Waals surface area contributed by atoms with Crippen molar-refractivity contribution < 1.29 is 23.9 Å². The molecule has 3 rings (SSSR count). The summed E-state index contributed by atoms with van der Waals surface area (Å²) < 4.78 is 10.3. The largest absolute Gasteiger partial charge is 0.497 e. The predicted octanol–water partition coefficient (Wildman–Crippen LogP) is 2.29. The summed E-state index contributed by atoms with van der Waals surface area (Å²) in [6.45, 7) is 1.89. The number of hydrazine groups is 1. The van der Waals surface area contributed by atoms with Crippen LogP contribution in [0, 0.1) is 0 Å². The highest BCUT2D eigenvalue weighted by molar-refractivity contribution is 5.97. The van der Waals surface area contributed by atoms with Crippen molar-refractivity contribution in [2.75, 3.05) is 13.7 Å². The summed E-state index contributed by atoms with van der Waals surface area (Å²) in [7, 11) is 1.53. The molecule has 0 spiro atoms. The van der Waals surface area contributed by atoms with E-state index in [0.29, 0.717) is 11.3 Å². The average molecular weight is 382 g/mol. The number of carbonyl (C=O) groups excluding carboxylic acids is 3. The molecular weight excluding hydrogens is 360 g/mol. The number of esters is 1. The fourth-order valence-electron chi connectivity index (χ4n) is 3.28. The Morgan fingerprint density at radius 3 is 2.39 bits per heavy atom. The average Bonchev–Trinajstić information content (AvgIpc) is 3.05. The predicted molar refractivity (Wildman–Crippen MR) is 102 cm³/mol. The van der Waals surface area contributed by atoms with Crippen LogP contribution in [0.3, 0.4) is 0 Å². The highest BCUT2D eigenvalue weighted by atomic mass is 16.5. The van der Waals surface area contributed by atoms with E-state index in [1.165, 1.54) is 7.11 Å². The number of amides is 2. The van der Waals surface area contributed by atoms with Crippen LogP contribution in [-0.2, 0) is 14.3 Å². The number of ether oxygens (including phenoxy) is 2. The highest BCUT2D eigenvalue weighted by Crippen LogP contribution is 2.34. The van der Waals surface area contributed by atoms with E-state index in [4.69, 9.17) is 9.47 Å². The number of rotatable bonds is 6. The second-order valence-electron chi connectivity index (χ2n) is 6.35. The number of benzene rings is 2. The summed E-state index contributed by atoms with van der Waals surface area (Å²) in [5.41, 5.74) is 3.76. The smallest absolute Gasteiger partial charge is 0.331 e. The summed E-state index contributed by atoms with van der Waals surface area (Å²) in [4.78, 5) is 37.8. The van der Waals surface area contributed by atoms with Crippen LogP contribution in [0.25, 0.3) is 0 Å². The van der Waals surface area contributed by atoms with E-state index in [1.807, 2.05) is 30.3 Å². The lowest BCUT2D eigenvalue weighted by molar-refractivity contribution is -0.153. The molecule has 1 N–H and O–H groups in total. The third-order valence-electron chi connectivity index (χ3n) is 4.65. The Labute approximate surface area is 163 Å². The van der Waals surface area contributed by atoms with E-state index >= 15 is 0 Å². The van der Waals surface area contributed by atoms with Crippen LogP contribution >= 0.6 is 0 Å². The Bertz CT molecular complexity index is 851. The van der Waals surface area contributed by atoms with Crippen molar-refractivity contribution >= 4 is 17.8 Å². The van der Waals surface area contributed by atoms with Crippen molar-refractivity contribution in [3.8, 4) is 5.75 Å².